The summed E-state index contributed by atoms with van der Waals surface area (Å²) in [4.78, 5) is 33.2. The van der Waals surface area contributed by atoms with Crippen molar-refractivity contribution < 1.29 is 24.2 Å². The van der Waals surface area contributed by atoms with Gasteiger partial charge in [0.05, 0.1) is 12.9 Å². The summed E-state index contributed by atoms with van der Waals surface area (Å²) in [5.74, 6) is -0.940. The van der Waals surface area contributed by atoms with Crippen LogP contribution >= 0.6 is 0 Å². The normalized spacial score (nSPS) is 24.6. The highest BCUT2D eigenvalue weighted by Gasteiger charge is 2.39. The predicted octanol–water partition coefficient (Wildman–Crippen LogP) is -2.67. The van der Waals surface area contributed by atoms with Crippen LogP contribution in [0.15, 0.2) is 9.98 Å². The molecule has 0 spiro atoms. The Morgan fingerprint density at radius 2 is 2.24 bits per heavy atom. The van der Waals surface area contributed by atoms with Crippen molar-refractivity contribution in [2.45, 2.75) is 38.2 Å². The SMILES string of the molecule is CC(C)[C@H](N)C(=O)OC[C@H](CO)OCN1C=N[C@@H]2C(=O)NC(N)=N[C@@H]21. The molecule has 2 rings (SSSR count). The van der Waals surface area contributed by atoms with Crippen molar-refractivity contribution in [3.63, 3.8) is 0 Å². The third-order valence-corrected chi connectivity index (χ3v) is 3.85. The van der Waals surface area contributed by atoms with Gasteiger partial charge in [-0.1, -0.05) is 13.8 Å². The number of hydrogen-bond donors (Lipinski definition) is 4. The van der Waals surface area contributed by atoms with Crippen LogP contribution in [-0.2, 0) is 19.1 Å². The van der Waals surface area contributed by atoms with E-state index in [-0.39, 0.29) is 37.7 Å². The molecule has 2 heterocycles. The number of fused-ring (bicyclic) bond motifs is 1. The van der Waals surface area contributed by atoms with Gasteiger partial charge in [-0.25, -0.2) is 4.99 Å². The van der Waals surface area contributed by atoms with E-state index in [9.17, 15) is 14.7 Å². The van der Waals surface area contributed by atoms with Gasteiger partial charge in [0.15, 0.2) is 18.2 Å². The van der Waals surface area contributed by atoms with E-state index in [1.807, 2.05) is 13.8 Å². The number of carbonyl (C=O) groups is 2. The van der Waals surface area contributed by atoms with Gasteiger partial charge in [0.25, 0.3) is 5.91 Å². The number of carbonyl (C=O) groups excluding carboxylic acids is 2. The Labute approximate surface area is 145 Å². The van der Waals surface area contributed by atoms with E-state index in [2.05, 4.69) is 15.3 Å². The summed E-state index contributed by atoms with van der Waals surface area (Å²) in [6.07, 6.45) is 0.103. The first-order valence-electron chi connectivity index (χ1n) is 7.91. The molecule has 140 valence electrons. The maximum atomic E-state index is 11.8. The topological polar surface area (TPSA) is 165 Å². The maximum absolute atomic E-state index is 11.8. The number of nitrogens with two attached hydrogens (primary N) is 2. The van der Waals surface area contributed by atoms with E-state index in [0.717, 1.165) is 0 Å². The number of aliphatic hydroxyl groups excluding tert-OH is 1. The molecule has 4 atom stereocenters. The Morgan fingerprint density at radius 3 is 2.88 bits per heavy atom. The van der Waals surface area contributed by atoms with Gasteiger partial charge in [-0.2, -0.15) is 0 Å². The number of aliphatic hydroxyl groups is 1. The first kappa shape index (κ1) is 19.1. The van der Waals surface area contributed by atoms with Crippen molar-refractivity contribution in [3.8, 4) is 0 Å². The van der Waals surface area contributed by atoms with Crippen LogP contribution in [0, 0.1) is 5.92 Å². The number of hydrogen-bond acceptors (Lipinski definition) is 10. The van der Waals surface area contributed by atoms with Gasteiger partial charge in [-0.3, -0.25) is 19.9 Å². The molecule has 11 heteroatoms. The highest BCUT2D eigenvalue weighted by molar-refractivity contribution is 6.02. The zero-order valence-electron chi connectivity index (χ0n) is 14.2. The van der Waals surface area contributed by atoms with Crippen molar-refractivity contribution in [1.82, 2.24) is 10.2 Å². The molecule has 0 aliphatic carbocycles. The molecule has 2 aliphatic rings. The van der Waals surface area contributed by atoms with Crippen LogP contribution in [-0.4, -0.2) is 78.5 Å². The summed E-state index contributed by atoms with van der Waals surface area (Å²) in [5.41, 5.74) is 11.2. The molecule has 0 aromatic carbocycles. The second-order valence-electron chi connectivity index (χ2n) is 6.14. The zero-order chi connectivity index (χ0) is 18.6. The Bertz CT molecular complexity index is 566. The molecule has 11 nitrogen and oxygen atoms in total. The van der Waals surface area contributed by atoms with Crippen LogP contribution in [0.1, 0.15) is 13.8 Å². The lowest BCUT2D eigenvalue weighted by atomic mass is 10.1. The van der Waals surface area contributed by atoms with Crippen molar-refractivity contribution in [2.24, 2.45) is 27.4 Å². The maximum Gasteiger partial charge on any atom is 0.323 e. The van der Waals surface area contributed by atoms with Crippen LogP contribution in [0.2, 0.25) is 0 Å². The molecular formula is C14H24N6O5. The summed E-state index contributed by atoms with van der Waals surface area (Å²) >= 11 is 0. The number of rotatable bonds is 8. The zero-order valence-corrected chi connectivity index (χ0v) is 14.2. The molecule has 0 aromatic rings. The van der Waals surface area contributed by atoms with Crippen LogP contribution in [0.3, 0.4) is 0 Å². The molecule has 0 bridgehead atoms. The molecular weight excluding hydrogens is 332 g/mol. The van der Waals surface area contributed by atoms with Gasteiger partial charge < -0.3 is 30.9 Å². The minimum atomic E-state index is -0.741. The van der Waals surface area contributed by atoms with Crippen molar-refractivity contribution >= 4 is 24.2 Å². The smallest absolute Gasteiger partial charge is 0.323 e. The van der Waals surface area contributed by atoms with Crippen LogP contribution in [0.25, 0.3) is 0 Å². The Kier molecular flexibility index (Phi) is 6.28. The average Bonchev–Trinajstić information content (AvgIpc) is 2.97. The number of nitrogens with one attached hydrogen (secondary N) is 1. The molecule has 2 aliphatic heterocycles. The molecule has 0 radical (unpaired) electrons. The molecule has 6 N–H and O–H groups in total. The minimum Gasteiger partial charge on any atom is -0.462 e. The largest absolute Gasteiger partial charge is 0.462 e. The highest BCUT2D eigenvalue weighted by atomic mass is 16.6. The fourth-order valence-electron chi connectivity index (χ4n) is 2.21. The first-order chi connectivity index (χ1) is 11.8. The lowest BCUT2D eigenvalue weighted by molar-refractivity contribution is -0.153. The van der Waals surface area contributed by atoms with Gasteiger partial charge in [0.1, 0.15) is 25.5 Å². The van der Waals surface area contributed by atoms with Gasteiger partial charge in [0, 0.05) is 0 Å². The third kappa shape index (κ3) is 4.65. The summed E-state index contributed by atoms with van der Waals surface area (Å²) in [6.45, 7) is 3.12. The van der Waals surface area contributed by atoms with E-state index in [1.165, 1.54) is 6.34 Å². The molecule has 0 fully saturated rings. The monoisotopic (exact) mass is 356 g/mol. The van der Waals surface area contributed by atoms with Gasteiger partial charge in [-0.05, 0) is 5.92 Å². The van der Waals surface area contributed by atoms with E-state index in [4.69, 9.17) is 20.9 Å². The molecule has 0 aromatic heterocycles. The average molecular weight is 356 g/mol. The number of aliphatic imine (C=N–C) groups is 2. The number of guanidine groups is 1. The predicted molar refractivity (Wildman–Crippen MR) is 88.3 cm³/mol. The molecule has 25 heavy (non-hydrogen) atoms. The van der Waals surface area contributed by atoms with E-state index in [1.54, 1.807) is 4.90 Å². The molecule has 0 saturated heterocycles. The standard InChI is InChI=1S/C14H24N6O5/c1-7(2)9(15)13(23)24-4-8(3-21)25-6-20-5-17-10-11(20)18-14(16)19-12(10)22/h5,7-11,21H,3-4,6,15H2,1-2H3,(H3,16,18,19,22)/t8-,9-,10-,11+/m0/s1. The Balaban J connectivity index is 1.83. The molecule has 0 unspecified atom stereocenters. The number of nitrogens with zero attached hydrogens (tertiary/aromatic N) is 3. The van der Waals surface area contributed by atoms with Crippen molar-refractivity contribution in [1.29, 1.82) is 0 Å². The summed E-state index contributed by atoms with van der Waals surface area (Å²) in [5, 5.41) is 11.8. The lowest BCUT2D eigenvalue weighted by Crippen LogP contribution is -2.54. The lowest BCUT2D eigenvalue weighted by Gasteiger charge is -2.28. The van der Waals surface area contributed by atoms with E-state index < -0.39 is 30.3 Å². The minimum absolute atomic E-state index is 0.00621. The number of ether oxygens (including phenoxy) is 2. The summed E-state index contributed by atoms with van der Waals surface area (Å²) in [6, 6.07) is -1.42. The third-order valence-electron chi connectivity index (χ3n) is 3.85. The van der Waals surface area contributed by atoms with E-state index in [0.29, 0.717) is 0 Å². The summed E-state index contributed by atoms with van der Waals surface area (Å²) in [7, 11) is 0. The second kappa shape index (κ2) is 8.23. The van der Waals surface area contributed by atoms with Crippen molar-refractivity contribution in [2.75, 3.05) is 19.9 Å². The van der Waals surface area contributed by atoms with Gasteiger partial charge in [-0.15, -0.1) is 0 Å². The van der Waals surface area contributed by atoms with Gasteiger partial charge in [0.2, 0.25) is 0 Å². The number of esters is 1. The van der Waals surface area contributed by atoms with Crippen LogP contribution in [0.4, 0.5) is 0 Å². The summed E-state index contributed by atoms with van der Waals surface area (Å²) < 4.78 is 10.6. The fourth-order valence-corrected chi connectivity index (χ4v) is 2.21. The van der Waals surface area contributed by atoms with E-state index >= 15 is 0 Å². The molecule has 0 saturated carbocycles. The van der Waals surface area contributed by atoms with Gasteiger partial charge >= 0.3 is 5.97 Å². The Morgan fingerprint density at radius 1 is 1.52 bits per heavy atom. The second-order valence-corrected chi connectivity index (χ2v) is 6.14. The number of amides is 1. The van der Waals surface area contributed by atoms with Crippen molar-refractivity contribution in [3.05, 3.63) is 0 Å². The highest BCUT2D eigenvalue weighted by Crippen LogP contribution is 2.18. The fraction of sp³-hybridized carbons (Fsp3) is 0.714. The molecule has 1 amide bonds. The Hall–Kier alpha value is -2.24. The van der Waals surface area contributed by atoms with Crippen LogP contribution in [0.5, 0.6) is 0 Å². The van der Waals surface area contributed by atoms with Crippen LogP contribution < -0.4 is 16.8 Å². The first-order valence-corrected chi connectivity index (χ1v) is 7.91. The quantitative estimate of drug-likeness (QED) is 0.342.